The van der Waals surface area contributed by atoms with E-state index in [9.17, 15) is 9.59 Å². The maximum Gasteiger partial charge on any atom is 0.263 e. The molecule has 2 aliphatic rings. The number of benzene rings is 2. The maximum atomic E-state index is 13.4. The average molecular weight is 519 g/mol. The molecule has 2 atom stereocenters. The zero-order valence-corrected chi connectivity index (χ0v) is 22.2. The van der Waals surface area contributed by atoms with Crippen LogP contribution in [0.3, 0.4) is 0 Å². The molecule has 3 aromatic rings. The first-order chi connectivity index (χ1) is 18.0. The largest absolute Gasteiger partial charge is 0.381 e. The molecule has 7 nitrogen and oxygen atoms in total. The number of hydrogen-bond donors (Lipinski definition) is 3. The minimum Gasteiger partial charge on any atom is -0.381 e. The summed E-state index contributed by atoms with van der Waals surface area (Å²) in [5, 5.41) is 10.2. The number of nitrogens with one attached hydrogen (secondary N) is 3. The number of aromatic nitrogens is 1. The van der Waals surface area contributed by atoms with Crippen LogP contribution in [0.4, 0.5) is 10.8 Å². The molecule has 0 radical (unpaired) electrons. The van der Waals surface area contributed by atoms with Crippen molar-refractivity contribution in [3.63, 3.8) is 0 Å². The molecule has 2 amide bonds. The summed E-state index contributed by atoms with van der Waals surface area (Å²) in [4.78, 5) is 31.5. The summed E-state index contributed by atoms with van der Waals surface area (Å²) in [6, 6.07) is 15.9. The van der Waals surface area contributed by atoms with Crippen LogP contribution in [-0.4, -0.2) is 36.1 Å². The third-order valence-corrected chi connectivity index (χ3v) is 8.14. The maximum absolute atomic E-state index is 13.4. The van der Waals surface area contributed by atoms with Crippen LogP contribution in [0.1, 0.15) is 81.3 Å². The smallest absolute Gasteiger partial charge is 0.263 e. The number of nitrogens with zero attached hydrogens (tertiary/aromatic N) is 1. The topological polar surface area (TPSA) is 92.3 Å². The van der Waals surface area contributed by atoms with E-state index in [-0.39, 0.29) is 23.8 Å². The van der Waals surface area contributed by atoms with Gasteiger partial charge in [-0.2, -0.15) is 0 Å². The van der Waals surface area contributed by atoms with Crippen LogP contribution >= 0.6 is 11.3 Å². The van der Waals surface area contributed by atoms with E-state index >= 15 is 0 Å². The van der Waals surface area contributed by atoms with Crippen molar-refractivity contribution in [2.45, 2.75) is 70.1 Å². The van der Waals surface area contributed by atoms with Crippen molar-refractivity contribution in [1.82, 2.24) is 15.6 Å². The van der Waals surface area contributed by atoms with Gasteiger partial charge in [0.15, 0.2) is 5.13 Å². The Kier molecular flexibility index (Phi) is 7.86. The predicted octanol–water partition coefficient (Wildman–Crippen LogP) is 5.69. The van der Waals surface area contributed by atoms with Gasteiger partial charge in [-0.25, -0.2) is 4.98 Å². The van der Waals surface area contributed by atoms with Crippen molar-refractivity contribution >= 4 is 34.0 Å². The Balaban J connectivity index is 1.39. The Bertz CT molecular complexity index is 1260. The Morgan fingerprint density at radius 2 is 1.86 bits per heavy atom. The highest BCUT2D eigenvalue weighted by Gasteiger charge is 2.30. The number of hydrogen-bond acceptors (Lipinski definition) is 6. The second kappa shape index (κ2) is 11.4. The molecule has 2 aromatic carbocycles. The number of amides is 2. The number of rotatable bonds is 9. The van der Waals surface area contributed by atoms with E-state index in [1.54, 1.807) is 7.11 Å². The minimum atomic E-state index is -0.113. The van der Waals surface area contributed by atoms with Gasteiger partial charge in [-0.05, 0) is 62.3 Å². The van der Waals surface area contributed by atoms with Gasteiger partial charge in [0.25, 0.3) is 11.8 Å². The van der Waals surface area contributed by atoms with Gasteiger partial charge in [0.2, 0.25) is 0 Å². The molecular weight excluding hydrogens is 484 g/mol. The lowest BCUT2D eigenvalue weighted by atomic mass is 9.84. The number of carbonyl (C=O) groups is 2. The molecule has 1 aromatic heterocycles. The number of aryl methyl sites for hydroxylation is 1. The SMILES string of the molecule is COC1CCCC(c2nc(Nc3cc(C(=O)NC4CC4)ccc3C)sc2C(=O)NCc2ccccc2)C1. The van der Waals surface area contributed by atoms with E-state index in [0.717, 1.165) is 61.0 Å². The van der Waals surface area contributed by atoms with E-state index in [4.69, 9.17) is 9.72 Å². The van der Waals surface area contributed by atoms with Gasteiger partial charge in [0.05, 0.1) is 11.8 Å². The van der Waals surface area contributed by atoms with Crippen molar-refractivity contribution in [3.05, 3.63) is 75.8 Å². The lowest BCUT2D eigenvalue weighted by molar-refractivity contribution is 0.0628. The fourth-order valence-electron chi connectivity index (χ4n) is 4.80. The molecule has 2 aliphatic carbocycles. The minimum absolute atomic E-state index is 0.0563. The van der Waals surface area contributed by atoms with E-state index in [1.807, 2.05) is 55.5 Å². The second-order valence-corrected chi connectivity index (χ2v) is 11.0. The summed E-state index contributed by atoms with van der Waals surface area (Å²) >= 11 is 1.37. The highest BCUT2D eigenvalue weighted by Crippen LogP contribution is 2.39. The quantitative estimate of drug-likeness (QED) is 0.338. The first kappa shape index (κ1) is 25.4. The molecular formula is C29H34N4O3S. The van der Waals surface area contributed by atoms with E-state index in [2.05, 4.69) is 16.0 Å². The predicted molar refractivity (Wildman–Crippen MR) is 147 cm³/mol. The molecule has 5 rings (SSSR count). The third kappa shape index (κ3) is 6.37. The third-order valence-electron chi connectivity index (χ3n) is 7.16. The van der Waals surface area contributed by atoms with Gasteiger partial charge in [0, 0.05) is 36.9 Å². The number of carbonyl (C=O) groups excluding carboxylic acids is 2. The molecule has 0 spiro atoms. The fraction of sp³-hybridized carbons (Fsp3) is 0.414. The fourth-order valence-corrected chi connectivity index (χ4v) is 5.78. The van der Waals surface area contributed by atoms with Crippen molar-refractivity contribution < 1.29 is 14.3 Å². The van der Waals surface area contributed by atoms with Gasteiger partial charge in [0.1, 0.15) is 4.88 Å². The molecule has 0 saturated heterocycles. The van der Waals surface area contributed by atoms with Crippen molar-refractivity contribution in [2.75, 3.05) is 12.4 Å². The molecule has 194 valence electrons. The van der Waals surface area contributed by atoms with Crippen LogP contribution in [0.25, 0.3) is 0 Å². The molecule has 0 bridgehead atoms. The Morgan fingerprint density at radius 3 is 2.62 bits per heavy atom. The number of thiazole rings is 1. The number of anilines is 2. The van der Waals surface area contributed by atoms with E-state index in [1.165, 1.54) is 11.3 Å². The standard InChI is InChI=1S/C29H34N4O3S/c1-18-11-12-21(27(34)31-22-13-14-22)16-24(18)32-29-33-25(20-9-6-10-23(15-20)36-2)26(37-29)28(35)30-17-19-7-4-3-5-8-19/h3-5,7-8,11-12,16,20,22-23H,6,9-10,13-15,17H2,1-2H3,(H,30,35)(H,31,34)(H,32,33). The second-order valence-electron chi connectivity index (χ2n) is 10.0. The van der Waals surface area contributed by atoms with Crippen LogP contribution in [0.5, 0.6) is 0 Å². The normalized spacial score (nSPS) is 19.3. The van der Waals surface area contributed by atoms with Crippen LogP contribution in [0.15, 0.2) is 48.5 Å². The summed E-state index contributed by atoms with van der Waals surface area (Å²) in [6.07, 6.45) is 6.20. The zero-order valence-electron chi connectivity index (χ0n) is 21.4. The Labute approximate surface area is 222 Å². The summed E-state index contributed by atoms with van der Waals surface area (Å²) in [6.45, 7) is 2.46. The van der Waals surface area contributed by atoms with Crippen molar-refractivity contribution in [3.8, 4) is 0 Å². The van der Waals surface area contributed by atoms with E-state index in [0.29, 0.717) is 28.2 Å². The lowest BCUT2D eigenvalue weighted by Crippen LogP contribution is -2.25. The summed E-state index contributed by atoms with van der Waals surface area (Å²) in [5.74, 6) is -0.00266. The molecule has 3 N–H and O–H groups in total. The van der Waals surface area contributed by atoms with Gasteiger partial charge >= 0.3 is 0 Å². The molecule has 8 heteroatoms. The molecule has 2 unspecified atom stereocenters. The molecule has 0 aliphatic heterocycles. The lowest BCUT2D eigenvalue weighted by Gasteiger charge is -2.27. The van der Waals surface area contributed by atoms with Gasteiger partial charge < -0.3 is 20.7 Å². The van der Waals surface area contributed by atoms with Crippen LogP contribution in [0, 0.1) is 6.92 Å². The molecule has 2 saturated carbocycles. The van der Waals surface area contributed by atoms with Crippen molar-refractivity contribution in [2.24, 2.45) is 0 Å². The van der Waals surface area contributed by atoms with Gasteiger partial charge in [-0.3, -0.25) is 9.59 Å². The summed E-state index contributed by atoms with van der Waals surface area (Å²) in [5.41, 5.74) is 4.33. The number of ether oxygens (including phenoxy) is 1. The summed E-state index contributed by atoms with van der Waals surface area (Å²) in [7, 11) is 1.75. The van der Waals surface area contributed by atoms with E-state index < -0.39 is 0 Å². The average Bonchev–Trinajstić information content (AvgIpc) is 3.64. The summed E-state index contributed by atoms with van der Waals surface area (Å²) < 4.78 is 5.66. The van der Waals surface area contributed by atoms with Crippen LogP contribution in [0.2, 0.25) is 0 Å². The highest BCUT2D eigenvalue weighted by molar-refractivity contribution is 7.17. The Morgan fingerprint density at radius 1 is 1.05 bits per heavy atom. The first-order valence-electron chi connectivity index (χ1n) is 13.0. The van der Waals surface area contributed by atoms with Gasteiger partial charge in [-0.15, -0.1) is 0 Å². The molecule has 2 fully saturated rings. The Hall–Kier alpha value is -3.23. The van der Waals surface area contributed by atoms with Crippen LogP contribution in [-0.2, 0) is 11.3 Å². The number of methoxy groups -OCH3 is 1. The van der Waals surface area contributed by atoms with Crippen LogP contribution < -0.4 is 16.0 Å². The highest BCUT2D eigenvalue weighted by atomic mass is 32.1. The van der Waals surface area contributed by atoms with Crippen molar-refractivity contribution in [1.29, 1.82) is 0 Å². The molecule has 37 heavy (non-hydrogen) atoms. The van der Waals surface area contributed by atoms with Gasteiger partial charge in [-0.1, -0.05) is 54.2 Å². The zero-order chi connectivity index (χ0) is 25.8. The first-order valence-corrected chi connectivity index (χ1v) is 13.9. The molecule has 1 heterocycles. The monoisotopic (exact) mass is 518 g/mol.